The summed E-state index contributed by atoms with van der Waals surface area (Å²) in [5, 5.41) is 2.58. The Kier molecular flexibility index (Phi) is 2.62. The minimum atomic E-state index is -0.394. The predicted molar refractivity (Wildman–Crippen MR) is 62.3 cm³/mol. The summed E-state index contributed by atoms with van der Waals surface area (Å²) in [5.41, 5.74) is 0.949. The van der Waals surface area contributed by atoms with Crippen molar-refractivity contribution in [1.29, 1.82) is 0 Å². The van der Waals surface area contributed by atoms with Crippen LogP contribution < -0.4 is 5.32 Å². The van der Waals surface area contributed by atoms with Gasteiger partial charge in [0.1, 0.15) is 5.76 Å². The summed E-state index contributed by atoms with van der Waals surface area (Å²) in [6.07, 6.45) is 5.41. The second-order valence-electron chi connectivity index (χ2n) is 4.29. The van der Waals surface area contributed by atoms with Crippen LogP contribution in [0.1, 0.15) is 40.7 Å². The molecule has 0 radical (unpaired) electrons. The van der Waals surface area contributed by atoms with Crippen molar-refractivity contribution in [3.05, 3.63) is 29.3 Å². The number of aromatic nitrogens is 2. The topological polar surface area (TPSA) is 81.2 Å². The third kappa shape index (κ3) is 2.01. The molecule has 1 amide bonds. The van der Waals surface area contributed by atoms with Gasteiger partial charge in [-0.1, -0.05) is 0 Å². The van der Waals surface area contributed by atoms with Crippen molar-refractivity contribution in [2.75, 3.05) is 5.32 Å². The van der Waals surface area contributed by atoms with Crippen LogP contribution in [0.15, 0.2) is 15.0 Å². The van der Waals surface area contributed by atoms with Crippen molar-refractivity contribution in [3.63, 3.8) is 0 Å². The number of hydrogen-bond acceptors (Lipinski definition) is 5. The number of anilines is 1. The van der Waals surface area contributed by atoms with Crippen LogP contribution in [0.25, 0.3) is 0 Å². The van der Waals surface area contributed by atoms with E-state index >= 15 is 0 Å². The first-order valence-corrected chi connectivity index (χ1v) is 5.95. The lowest BCUT2D eigenvalue weighted by atomic mass is 10.0. The van der Waals surface area contributed by atoms with Gasteiger partial charge in [-0.25, -0.2) is 4.98 Å². The van der Waals surface area contributed by atoms with Gasteiger partial charge in [-0.05, 0) is 19.3 Å². The van der Waals surface area contributed by atoms with Crippen molar-refractivity contribution in [2.45, 2.75) is 32.6 Å². The highest BCUT2D eigenvalue weighted by Gasteiger charge is 2.19. The quantitative estimate of drug-likeness (QED) is 0.878. The van der Waals surface area contributed by atoms with E-state index in [1.165, 1.54) is 6.20 Å². The molecule has 0 spiro atoms. The zero-order chi connectivity index (χ0) is 12.5. The molecule has 1 N–H and O–H groups in total. The Balaban J connectivity index is 1.76. The lowest BCUT2D eigenvalue weighted by Gasteiger charge is -2.05. The average Bonchev–Trinajstić information content (AvgIpc) is 2.94. The van der Waals surface area contributed by atoms with Crippen molar-refractivity contribution < 1.29 is 13.6 Å². The standard InChI is InChI=1S/C12H13N3O3/c1-7-13-6-10(17-7)11(16)15-12-14-8-4-2-3-5-9(8)18-12/h6H,2-5H2,1H3,(H,14,15,16). The monoisotopic (exact) mass is 247 g/mol. The van der Waals surface area contributed by atoms with Crippen molar-refractivity contribution in [3.8, 4) is 0 Å². The molecule has 0 aliphatic heterocycles. The second-order valence-corrected chi connectivity index (χ2v) is 4.29. The van der Waals surface area contributed by atoms with E-state index in [4.69, 9.17) is 8.83 Å². The Morgan fingerprint density at radius 1 is 1.33 bits per heavy atom. The van der Waals surface area contributed by atoms with Crippen LogP contribution in [-0.2, 0) is 12.8 Å². The zero-order valence-electron chi connectivity index (χ0n) is 10.0. The maximum absolute atomic E-state index is 11.8. The third-order valence-electron chi connectivity index (χ3n) is 2.91. The molecule has 0 fully saturated rings. The van der Waals surface area contributed by atoms with Gasteiger partial charge in [0.2, 0.25) is 5.76 Å². The largest absolute Gasteiger partial charge is 0.436 e. The molecule has 0 atom stereocenters. The molecule has 0 saturated carbocycles. The van der Waals surface area contributed by atoms with Crippen molar-refractivity contribution in [2.24, 2.45) is 0 Å². The smallest absolute Gasteiger partial charge is 0.302 e. The summed E-state index contributed by atoms with van der Waals surface area (Å²) in [4.78, 5) is 19.9. The number of nitrogens with one attached hydrogen (secondary N) is 1. The Bertz CT molecular complexity index is 562. The summed E-state index contributed by atoms with van der Waals surface area (Å²) in [6.45, 7) is 1.68. The molecule has 94 valence electrons. The van der Waals surface area contributed by atoms with Crippen LogP contribution in [0.5, 0.6) is 0 Å². The molecule has 0 saturated heterocycles. The lowest BCUT2D eigenvalue weighted by molar-refractivity contribution is 0.0992. The number of carbonyl (C=O) groups excluding carboxylic acids is 1. The Morgan fingerprint density at radius 3 is 2.89 bits per heavy atom. The Morgan fingerprint density at radius 2 is 2.17 bits per heavy atom. The molecule has 2 aromatic heterocycles. The first kappa shape index (κ1) is 11.0. The van der Waals surface area contributed by atoms with Gasteiger partial charge in [0.05, 0.1) is 11.9 Å². The van der Waals surface area contributed by atoms with Crippen LogP contribution in [0.2, 0.25) is 0 Å². The number of hydrogen-bond donors (Lipinski definition) is 1. The molecule has 2 aromatic rings. The van der Waals surface area contributed by atoms with Crippen LogP contribution in [0.4, 0.5) is 6.01 Å². The maximum atomic E-state index is 11.8. The molecule has 6 heteroatoms. The van der Waals surface area contributed by atoms with Crippen molar-refractivity contribution in [1.82, 2.24) is 9.97 Å². The minimum Gasteiger partial charge on any atom is -0.436 e. The fourth-order valence-corrected chi connectivity index (χ4v) is 2.03. The third-order valence-corrected chi connectivity index (χ3v) is 2.91. The van der Waals surface area contributed by atoms with Crippen LogP contribution in [-0.4, -0.2) is 15.9 Å². The molecule has 1 aliphatic rings. The molecule has 2 heterocycles. The van der Waals surface area contributed by atoms with E-state index < -0.39 is 5.91 Å². The molecule has 0 aromatic carbocycles. The number of rotatable bonds is 2. The SMILES string of the molecule is Cc1ncc(C(=O)Nc2nc3c(o2)CCCC3)o1. The van der Waals surface area contributed by atoms with Gasteiger partial charge in [-0.3, -0.25) is 10.1 Å². The van der Waals surface area contributed by atoms with E-state index in [0.29, 0.717) is 5.89 Å². The predicted octanol–water partition coefficient (Wildman–Crippen LogP) is 2.10. The Hall–Kier alpha value is -2.11. The zero-order valence-corrected chi connectivity index (χ0v) is 10.0. The molecule has 1 aliphatic carbocycles. The first-order chi connectivity index (χ1) is 8.72. The molecule has 0 unspecified atom stereocenters. The van der Waals surface area contributed by atoms with E-state index in [1.807, 2.05) is 0 Å². The number of amides is 1. The van der Waals surface area contributed by atoms with Crippen LogP contribution in [0.3, 0.4) is 0 Å². The molecular weight excluding hydrogens is 234 g/mol. The average molecular weight is 247 g/mol. The van der Waals surface area contributed by atoms with Crippen molar-refractivity contribution >= 4 is 11.9 Å². The number of fused-ring (bicyclic) bond motifs is 1. The molecule has 0 bridgehead atoms. The normalized spacial score (nSPS) is 14.3. The molecule has 6 nitrogen and oxygen atoms in total. The fourth-order valence-electron chi connectivity index (χ4n) is 2.03. The van der Waals surface area contributed by atoms with Gasteiger partial charge in [0.15, 0.2) is 5.89 Å². The summed E-state index contributed by atoms with van der Waals surface area (Å²) >= 11 is 0. The lowest BCUT2D eigenvalue weighted by Crippen LogP contribution is -2.11. The number of carbonyl (C=O) groups is 1. The van der Waals surface area contributed by atoms with Crippen LogP contribution in [0, 0.1) is 6.92 Å². The number of nitrogens with zero attached hydrogens (tertiary/aromatic N) is 2. The van der Waals surface area contributed by atoms with Crippen LogP contribution >= 0.6 is 0 Å². The maximum Gasteiger partial charge on any atom is 0.302 e. The highest BCUT2D eigenvalue weighted by atomic mass is 16.4. The second kappa shape index (κ2) is 4.29. The van der Waals surface area contributed by atoms with Gasteiger partial charge in [-0.15, -0.1) is 0 Å². The van der Waals surface area contributed by atoms with Gasteiger partial charge < -0.3 is 8.83 Å². The van der Waals surface area contributed by atoms with Gasteiger partial charge in [0.25, 0.3) is 5.91 Å². The summed E-state index contributed by atoms with van der Waals surface area (Å²) in [6, 6.07) is 0.237. The fraction of sp³-hybridized carbons (Fsp3) is 0.417. The van der Waals surface area contributed by atoms with E-state index in [2.05, 4.69) is 15.3 Å². The summed E-state index contributed by atoms with van der Waals surface area (Å²) < 4.78 is 10.6. The van der Waals surface area contributed by atoms with E-state index in [0.717, 1.165) is 37.1 Å². The van der Waals surface area contributed by atoms with Gasteiger partial charge in [-0.2, -0.15) is 4.98 Å². The molecule has 3 rings (SSSR count). The first-order valence-electron chi connectivity index (χ1n) is 5.95. The van der Waals surface area contributed by atoms with E-state index in [-0.39, 0.29) is 11.8 Å². The number of oxazole rings is 2. The van der Waals surface area contributed by atoms with Gasteiger partial charge >= 0.3 is 6.01 Å². The Labute approximate surface area is 103 Å². The van der Waals surface area contributed by atoms with E-state index in [9.17, 15) is 4.79 Å². The summed E-state index contributed by atoms with van der Waals surface area (Å²) in [5.74, 6) is 1.09. The number of aryl methyl sites for hydroxylation is 3. The van der Waals surface area contributed by atoms with E-state index in [1.54, 1.807) is 6.92 Å². The minimum absolute atomic E-state index is 0.156. The summed E-state index contributed by atoms with van der Waals surface area (Å²) in [7, 11) is 0. The molecular formula is C12H13N3O3. The molecule has 18 heavy (non-hydrogen) atoms. The van der Waals surface area contributed by atoms with Gasteiger partial charge in [0, 0.05) is 13.3 Å². The highest BCUT2D eigenvalue weighted by molar-refractivity contribution is 6.00. The highest BCUT2D eigenvalue weighted by Crippen LogP contribution is 2.24.